The minimum Gasteiger partial charge on any atom is -0.458 e. The molecule has 1 aliphatic rings. The van der Waals surface area contributed by atoms with Gasteiger partial charge in [-0.15, -0.1) is 0 Å². The second-order valence-electron chi connectivity index (χ2n) is 6.41. The van der Waals surface area contributed by atoms with Crippen LogP contribution in [0.4, 0.5) is 0 Å². The first-order chi connectivity index (χ1) is 9.27. The fourth-order valence-electron chi connectivity index (χ4n) is 3.12. The van der Waals surface area contributed by atoms with E-state index in [0.29, 0.717) is 5.92 Å². The summed E-state index contributed by atoms with van der Waals surface area (Å²) in [4.78, 5) is 16.1. The molecule has 0 spiro atoms. The highest BCUT2D eigenvalue weighted by Crippen LogP contribution is 2.40. The van der Waals surface area contributed by atoms with Crippen molar-refractivity contribution in [1.82, 2.24) is 4.98 Å². The summed E-state index contributed by atoms with van der Waals surface area (Å²) in [5, 5.41) is 0.501. The molecular formula is C15H19Cl2NO2. The van der Waals surface area contributed by atoms with Crippen LogP contribution >= 0.6 is 23.2 Å². The predicted octanol–water partition coefficient (Wildman–Crippen LogP) is 4.76. The minimum absolute atomic E-state index is 0.0851. The topological polar surface area (TPSA) is 39.2 Å². The number of halogens is 2. The van der Waals surface area contributed by atoms with E-state index in [0.717, 1.165) is 19.3 Å². The van der Waals surface area contributed by atoms with Crippen LogP contribution in [0.3, 0.4) is 0 Å². The maximum atomic E-state index is 12.2. The molecule has 0 bridgehead atoms. The first kappa shape index (κ1) is 15.6. The van der Waals surface area contributed by atoms with E-state index in [1.54, 1.807) is 12.1 Å². The summed E-state index contributed by atoms with van der Waals surface area (Å²) < 4.78 is 5.57. The first-order valence-corrected chi connectivity index (χ1v) is 7.55. The Labute approximate surface area is 129 Å². The smallest absolute Gasteiger partial charge is 0.358 e. The van der Waals surface area contributed by atoms with Gasteiger partial charge in [-0.2, -0.15) is 0 Å². The van der Waals surface area contributed by atoms with Crippen molar-refractivity contribution in [2.45, 2.75) is 46.1 Å². The summed E-state index contributed by atoms with van der Waals surface area (Å²) in [6.07, 6.45) is 2.81. The summed E-state index contributed by atoms with van der Waals surface area (Å²) in [6, 6.07) is 3.10. The van der Waals surface area contributed by atoms with Crippen LogP contribution in [0.25, 0.3) is 0 Å². The third-order valence-electron chi connectivity index (χ3n) is 3.63. The molecule has 110 valence electrons. The molecule has 0 aromatic carbocycles. The number of carbonyl (C=O) groups excluding carboxylic acids is 1. The Morgan fingerprint density at radius 1 is 1.35 bits per heavy atom. The van der Waals surface area contributed by atoms with Crippen LogP contribution in [0.1, 0.15) is 50.5 Å². The molecule has 1 aliphatic carbocycles. The number of rotatable bonds is 2. The average Bonchev–Trinajstić information content (AvgIpc) is 2.29. The third-order valence-corrected chi connectivity index (χ3v) is 4.14. The van der Waals surface area contributed by atoms with E-state index in [1.165, 1.54) is 0 Å². The molecule has 3 nitrogen and oxygen atoms in total. The van der Waals surface area contributed by atoms with E-state index in [4.69, 9.17) is 27.9 Å². The van der Waals surface area contributed by atoms with Gasteiger partial charge in [-0.1, -0.05) is 44.0 Å². The maximum Gasteiger partial charge on any atom is 0.358 e. The highest BCUT2D eigenvalue weighted by molar-refractivity contribution is 6.34. The zero-order valence-electron chi connectivity index (χ0n) is 12.0. The van der Waals surface area contributed by atoms with Gasteiger partial charge in [0.05, 0.1) is 5.02 Å². The number of aromatic nitrogens is 1. The number of pyridine rings is 1. The molecule has 0 saturated heterocycles. The molecule has 1 aromatic heterocycles. The van der Waals surface area contributed by atoms with E-state index < -0.39 is 5.97 Å². The molecular weight excluding hydrogens is 297 g/mol. The standard InChI is InChI=1S/C15H19Cl2NO2/c1-9-6-10(8-15(2,3)7-9)20-14(19)13-11(16)4-5-12(17)18-13/h4-5,9-10H,6-8H2,1-3H3. The first-order valence-electron chi connectivity index (χ1n) is 6.80. The molecule has 0 radical (unpaired) electrons. The molecule has 2 unspecified atom stereocenters. The second kappa shape index (κ2) is 5.90. The van der Waals surface area contributed by atoms with Gasteiger partial charge in [0.25, 0.3) is 0 Å². The lowest BCUT2D eigenvalue weighted by Crippen LogP contribution is -2.34. The van der Waals surface area contributed by atoms with E-state index in [2.05, 4.69) is 25.8 Å². The number of nitrogens with zero attached hydrogens (tertiary/aromatic N) is 1. The number of carbonyl (C=O) groups is 1. The highest BCUT2D eigenvalue weighted by Gasteiger charge is 2.34. The van der Waals surface area contributed by atoms with Gasteiger partial charge in [-0.05, 0) is 42.7 Å². The van der Waals surface area contributed by atoms with Crippen LogP contribution in [-0.2, 0) is 4.74 Å². The van der Waals surface area contributed by atoms with Crippen molar-refractivity contribution in [3.8, 4) is 0 Å². The number of hydrogen-bond acceptors (Lipinski definition) is 3. The lowest BCUT2D eigenvalue weighted by molar-refractivity contribution is -0.00764. The Morgan fingerprint density at radius 2 is 2.05 bits per heavy atom. The van der Waals surface area contributed by atoms with Crippen LogP contribution in [0.15, 0.2) is 12.1 Å². The highest BCUT2D eigenvalue weighted by atomic mass is 35.5. The molecule has 0 aliphatic heterocycles. The quantitative estimate of drug-likeness (QED) is 0.583. The van der Waals surface area contributed by atoms with Gasteiger partial charge >= 0.3 is 5.97 Å². The zero-order chi connectivity index (χ0) is 14.9. The average molecular weight is 316 g/mol. The van der Waals surface area contributed by atoms with E-state index >= 15 is 0 Å². The molecule has 0 amide bonds. The second-order valence-corrected chi connectivity index (χ2v) is 7.20. The van der Waals surface area contributed by atoms with Gasteiger partial charge in [-0.3, -0.25) is 0 Å². The van der Waals surface area contributed by atoms with Crippen molar-refractivity contribution in [1.29, 1.82) is 0 Å². The van der Waals surface area contributed by atoms with Crippen LogP contribution in [-0.4, -0.2) is 17.1 Å². The van der Waals surface area contributed by atoms with Gasteiger partial charge in [0.2, 0.25) is 0 Å². The Bertz CT molecular complexity index is 517. The molecule has 20 heavy (non-hydrogen) atoms. The fourth-order valence-corrected chi connectivity index (χ4v) is 3.45. The molecule has 2 atom stereocenters. The van der Waals surface area contributed by atoms with Crippen LogP contribution in [0.5, 0.6) is 0 Å². The van der Waals surface area contributed by atoms with Crippen LogP contribution in [0.2, 0.25) is 10.2 Å². The van der Waals surface area contributed by atoms with Crippen molar-refractivity contribution in [2.75, 3.05) is 0 Å². The van der Waals surface area contributed by atoms with Crippen LogP contribution in [0, 0.1) is 11.3 Å². The predicted molar refractivity (Wildman–Crippen MR) is 80.3 cm³/mol. The van der Waals surface area contributed by atoms with Gasteiger partial charge in [-0.25, -0.2) is 9.78 Å². The van der Waals surface area contributed by atoms with Gasteiger partial charge in [0, 0.05) is 0 Å². The van der Waals surface area contributed by atoms with Crippen molar-refractivity contribution in [2.24, 2.45) is 11.3 Å². The monoisotopic (exact) mass is 315 g/mol. The summed E-state index contributed by atoms with van der Waals surface area (Å²) >= 11 is 11.8. The Kier molecular flexibility index (Phi) is 4.60. The number of esters is 1. The van der Waals surface area contributed by atoms with Gasteiger partial charge in [0.15, 0.2) is 5.69 Å². The van der Waals surface area contributed by atoms with Crippen LogP contribution < -0.4 is 0 Å². The Balaban J connectivity index is 2.09. The van der Waals surface area contributed by atoms with Crippen molar-refractivity contribution in [3.63, 3.8) is 0 Å². The fraction of sp³-hybridized carbons (Fsp3) is 0.600. The van der Waals surface area contributed by atoms with Crippen molar-refractivity contribution >= 4 is 29.2 Å². The summed E-state index contributed by atoms with van der Waals surface area (Å²) in [6.45, 7) is 6.59. The number of hydrogen-bond donors (Lipinski definition) is 0. The molecule has 1 saturated carbocycles. The Hall–Kier alpha value is -0.800. The van der Waals surface area contributed by atoms with Crippen molar-refractivity contribution < 1.29 is 9.53 Å². The third kappa shape index (κ3) is 3.86. The molecule has 1 heterocycles. The van der Waals surface area contributed by atoms with E-state index in [-0.39, 0.29) is 27.4 Å². The van der Waals surface area contributed by atoms with E-state index in [9.17, 15) is 4.79 Å². The molecule has 5 heteroatoms. The Morgan fingerprint density at radius 3 is 2.70 bits per heavy atom. The molecule has 0 N–H and O–H groups in total. The molecule has 1 aromatic rings. The maximum absolute atomic E-state index is 12.2. The van der Waals surface area contributed by atoms with Crippen molar-refractivity contribution in [3.05, 3.63) is 28.0 Å². The zero-order valence-corrected chi connectivity index (χ0v) is 13.5. The normalized spacial score (nSPS) is 25.2. The molecule has 1 fully saturated rings. The molecule has 2 rings (SSSR count). The number of ether oxygens (including phenoxy) is 1. The minimum atomic E-state index is -0.493. The summed E-state index contributed by atoms with van der Waals surface area (Å²) in [5.74, 6) is 0.0479. The van der Waals surface area contributed by atoms with Gasteiger partial charge in [0.1, 0.15) is 11.3 Å². The largest absolute Gasteiger partial charge is 0.458 e. The SMILES string of the molecule is CC1CC(OC(=O)c2nc(Cl)ccc2Cl)CC(C)(C)C1. The summed E-state index contributed by atoms with van der Waals surface area (Å²) in [5.41, 5.74) is 0.281. The van der Waals surface area contributed by atoms with Gasteiger partial charge < -0.3 is 4.74 Å². The van der Waals surface area contributed by atoms with E-state index in [1.807, 2.05) is 0 Å². The summed E-state index contributed by atoms with van der Waals surface area (Å²) in [7, 11) is 0. The lowest BCUT2D eigenvalue weighted by Gasteiger charge is -2.38. The lowest BCUT2D eigenvalue weighted by atomic mass is 9.71.